The first kappa shape index (κ1) is 12.6. The van der Waals surface area contributed by atoms with Crippen molar-refractivity contribution in [3.8, 4) is 11.5 Å². The van der Waals surface area contributed by atoms with Gasteiger partial charge in [0, 0.05) is 11.8 Å². The minimum Gasteiger partial charge on any atom is -0.493 e. The van der Waals surface area contributed by atoms with Gasteiger partial charge in [-0.3, -0.25) is 0 Å². The molecule has 1 aromatic rings. The lowest BCUT2D eigenvalue weighted by atomic mass is 10.3. The zero-order valence-electron chi connectivity index (χ0n) is 10.0. The highest BCUT2D eigenvalue weighted by Gasteiger charge is 2.04. The Morgan fingerprint density at radius 2 is 1.94 bits per heavy atom. The highest BCUT2D eigenvalue weighted by Crippen LogP contribution is 2.28. The first-order chi connectivity index (χ1) is 7.63. The molecule has 16 heavy (non-hydrogen) atoms. The molecule has 4 nitrogen and oxygen atoms in total. The van der Waals surface area contributed by atoms with Gasteiger partial charge in [-0.15, -0.1) is 0 Å². The van der Waals surface area contributed by atoms with E-state index in [4.69, 9.17) is 19.9 Å². The molecule has 4 heteroatoms. The van der Waals surface area contributed by atoms with Gasteiger partial charge in [-0.05, 0) is 26.0 Å². The van der Waals surface area contributed by atoms with Gasteiger partial charge in [0.1, 0.15) is 6.61 Å². The van der Waals surface area contributed by atoms with E-state index in [1.807, 2.05) is 13.8 Å². The topological polar surface area (TPSA) is 53.7 Å². The molecule has 0 aliphatic rings. The van der Waals surface area contributed by atoms with Crippen molar-refractivity contribution in [3.05, 3.63) is 18.2 Å². The van der Waals surface area contributed by atoms with Gasteiger partial charge < -0.3 is 19.9 Å². The summed E-state index contributed by atoms with van der Waals surface area (Å²) in [6.07, 6.45) is 0.219. The summed E-state index contributed by atoms with van der Waals surface area (Å²) in [5.41, 5.74) is 6.29. The largest absolute Gasteiger partial charge is 0.493 e. The molecule has 0 aliphatic carbocycles. The molecule has 1 aromatic carbocycles. The van der Waals surface area contributed by atoms with E-state index in [1.54, 1.807) is 25.3 Å². The summed E-state index contributed by atoms with van der Waals surface area (Å²) in [6.45, 7) is 5.04. The van der Waals surface area contributed by atoms with Crippen LogP contribution in [0.5, 0.6) is 11.5 Å². The zero-order valence-corrected chi connectivity index (χ0v) is 10.0. The third-order valence-corrected chi connectivity index (χ3v) is 1.98. The Labute approximate surface area is 96.3 Å². The number of anilines is 1. The molecule has 0 saturated carbocycles. The number of methoxy groups -OCH3 is 1. The SMILES string of the molecule is COc1cc(N)ccc1OCCOC(C)C. The Kier molecular flexibility index (Phi) is 4.92. The molecule has 0 saturated heterocycles. The van der Waals surface area contributed by atoms with Crippen LogP contribution in [0.15, 0.2) is 18.2 Å². The van der Waals surface area contributed by atoms with Crippen LogP contribution in [0, 0.1) is 0 Å². The fourth-order valence-electron chi connectivity index (χ4n) is 1.24. The molecule has 0 aliphatic heterocycles. The number of hydrogen-bond donors (Lipinski definition) is 1. The fraction of sp³-hybridized carbons (Fsp3) is 0.500. The van der Waals surface area contributed by atoms with Gasteiger partial charge in [0.15, 0.2) is 11.5 Å². The Hall–Kier alpha value is -1.42. The van der Waals surface area contributed by atoms with Gasteiger partial charge in [0.2, 0.25) is 0 Å². The van der Waals surface area contributed by atoms with E-state index in [-0.39, 0.29) is 6.10 Å². The quantitative estimate of drug-likeness (QED) is 0.595. The summed E-state index contributed by atoms with van der Waals surface area (Å²) >= 11 is 0. The molecule has 0 aromatic heterocycles. The summed E-state index contributed by atoms with van der Waals surface area (Å²) in [4.78, 5) is 0. The molecule has 0 radical (unpaired) electrons. The Balaban J connectivity index is 2.47. The van der Waals surface area contributed by atoms with Crippen LogP contribution in [0.4, 0.5) is 5.69 Å². The molecule has 90 valence electrons. The van der Waals surface area contributed by atoms with Crippen molar-refractivity contribution in [1.82, 2.24) is 0 Å². The van der Waals surface area contributed by atoms with Gasteiger partial charge >= 0.3 is 0 Å². The van der Waals surface area contributed by atoms with Crippen molar-refractivity contribution < 1.29 is 14.2 Å². The van der Waals surface area contributed by atoms with E-state index in [0.29, 0.717) is 30.4 Å². The zero-order chi connectivity index (χ0) is 12.0. The van der Waals surface area contributed by atoms with E-state index in [0.717, 1.165) is 0 Å². The smallest absolute Gasteiger partial charge is 0.162 e. The minimum atomic E-state index is 0.219. The van der Waals surface area contributed by atoms with E-state index >= 15 is 0 Å². The molecule has 2 N–H and O–H groups in total. The number of hydrogen-bond acceptors (Lipinski definition) is 4. The third-order valence-electron chi connectivity index (χ3n) is 1.98. The molecule has 0 atom stereocenters. The predicted octanol–water partition coefficient (Wildman–Crippen LogP) is 2.08. The minimum absolute atomic E-state index is 0.219. The van der Waals surface area contributed by atoms with Gasteiger partial charge in [-0.2, -0.15) is 0 Å². The second-order valence-electron chi connectivity index (χ2n) is 3.68. The molecular formula is C12H19NO3. The van der Waals surface area contributed by atoms with E-state index < -0.39 is 0 Å². The molecular weight excluding hydrogens is 206 g/mol. The van der Waals surface area contributed by atoms with Crippen LogP contribution in [-0.4, -0.2) is 26.4 Å². The fourth-order valence-corrected chi connectivity index (χ4v) is 1.24. The lowest BCUT2D eigenvalue weighted by molar-refractivity contribution is 0.0547. The average molecular weight is 225 g/mol. The Morgan fingerprint density at radius 3 is 2.56 bits per heavy atom. The Morgan fingerprint density at radius 1 is 1.19 bits per heavy atom. The highest BCUT2D eigenvalue weighted by atomic mass is 16.5. The summed E-state index contributed by atoms with van der Waals surface area (Å²) in [5.74, 6) is 1.33. The average Bonchev–Trinajstić information content (AvgIpc) is 2.25. The van der Waals surface area contributed by atoms with Crippen LogP contribution in [0.2, 0.25) is 0 Å². The standard InChI is InChI=1S/C12H19NO3/c1-9(2)15-6-7-16-11-5-4-10(13)8-12(11)14-3/h4-5,8-9H,6-7,13H2,1-3H3. The van der Waals surface area contributed by atoms with E-state index in [2.05, 4.69) is 0 Å². The molecule has 0 bridgehead atoms. The lowest BCUT2D eigenvalue weighted by Crippen LogP contribution is -2.11. The highest BCUT2D eigenvalue weighted by molar-refractivity contribution is 5.51. The molecule has 1 rings (SSSR count). The molecule has 0 spiro atoms. The third kappa shape index (κ3) is 3.98. The van der Waals surface area contributed by atoms with Gasteiger partial charge in [-0.25, -0.2) is 0 Å². The number of ether oxygens (including phenoxy) is 3. The molecule has 0 heterocycles. The monoisotopic (exact) mass is 225 g/mol. The Bertz CT molecular complexity index is 326. The van der Waals surface area contributed by atoms with Crippen LogP contribution >= 0.6 is 0 Å². The number of benzene rings is 1. The lowest BCUT2D eigenvalue weighted by Gasteiger charge is -2.12. The predicted molar refractivity (Wildman–Crippen MR) is 64.0 cm³/mol. The first-order valence-corrected chi connectivity index (χ1v) is 5.31. The van der Waals surface area contributed by atoms with E-state index in [9.17, 15) is 0 Å². The molecule has 0 amide bonds. The van der Waals surface area contributed by atoms with Crippen LogP contribution in [0.25, 0.3) is 0 Å². The van der Waals surface area contributed by atoms with Crippen molar-refractivity contribution in [2.24, 2.45) is 0 Å². The maximum atomic E-state index is 5.64. The van der Waals surface area contributed by atoms with Crippen LogP contribution in [-0.2, 0) is 4.74 Å². The maximum absolute atomic E-state index is 5.64. The van der Waals surface area contributed by atoms with Crippen LogP contribution < -0.4 is 15.2 Å². The summed E-state index contributed by atoms with van der Waals surface area (Å²) < 4.78 is 16.1. The van der Waals surface area contributed by atoms with Crippen LogP contribution in [0.3, 0.4) is 0 Å². The number of rotatable bonds is 6. The molecule has 0 fully saturated rings. The molecule has 0 unspecified atom stereocenters. The number of nitrogen functional groups attached to an aromatic ring is 1. The first-order valence-electron chi connectivity index (χ1n) is 5.31. The summed E-state index contributed by atoms with van der Waals surface area (Å²) in [6, 6.07) is 5.31. The second kappa shape index (κ2) is 6.23. The van der Waals surface area contributed by atoms with Crippen molar-refractivity contribution in [3.63, 3.8) is 0 Å². The number of nitrogens with two attached hydrogens (primary N) is 1. The van der Waals surface area contributed by atoms with Crippen molar-refractivity contribution in [2.75, 3.05) is 26.1 Å². The van der Waals surface area contributed by atoms with Crippen molar-refractivity contribution >= 4 is 5.69 Å². The normalized spacial score (nSPS) is 10.5. The summed E-state index contributed by atoms with van der Waals surface area (Å²) in [7, 11) is 1.59. The van der Waals surface area contributed by atoms with Crippen LogP contribution in [0.1, 0.15) is 13.8 Å². The van der Waals surface area contributed by atoms with Crippen molar-refractivity contribution in [1.29, 1.82) is 0 Å². The van der Waals surface area contributed by atoms with Gasteiger partial charge in [-0.1, -0.05) is 0 Å². The van der Waals surface area contributed by atoms with E-state index in [1.165, 1.54) is 0 Å². The second-order valence-corrected chi connectivity index (χ2v) is 3.68. The van der Waals surface area contributed by atoms with Crippen molar-refractivity contribution in [2.45, 2.75) is 20.0 Å². The van der Waals surface area contributed by atoms with Gasteiger partial charge in [0.25, 0.3) is 0 Å². The van der Waals surface area contributed by atoms with Gasteiger partial charge in [0.05, 0.1) is 19.8 Å². The summed E-state index contributed by atoms with van der Waals surface area (Å²) in [5, 5.41) is 0. The maximum Gasteiger partial charge on any atom is 0.162 e.